The summed E-state index contributed by atoms with van der Waals surface area (Å²) in [5.74, 6) is 0.394. The van der Waals surface area contributed by atoms with Crippen molar-refractivity contribution in [2.45, 2.75) is 38.5 Å². The molecule has 2 amide bonds. The van der Waals surface area contributed by atoms with Crippen molar-refractivity contribution in [1.82, 2.24) is 14.7 Å². The van der Waals surface area contributed by atoms with Gasteiger partial charge < -0.3 is 14.7 Å². The predicted molar refractivity (Wildman–Crippen MR) is 105 cm³/mol. The second-order valence-electron chi connectivity index (χ2n) is 8.06. The van der Waals surface area contributed by atoms with E-state index in [2.05, 4.69) is 26.0 Å². The molecule has 144 valence electrons. The Kier molecular flexibility index (Phi) is 7.21. The zero-order valence-electron chi connectivity index (χ0n) is 16.7. The van der Waals surface area contributed by atoms with Gasteiger partial charge >= 0.3 is 0 Å². The van der Waals surface area contributed by atoms with Crippen molar-refractivity contribution >= 4 is 11.8 Å². The molecule has 0 aliphatic carbocycles. The second-order valence-corrected chi connectivity index (χ2v) is 8.06. The third-order valence-electron chi connectivity index (χ3n) is 5.28. The molecule has 0 unspecified atom stereocenters. The Hall–Kier alpha value is -1.88. The number of amides is 2. The minimum atomic E-state index is -0.0130. The molecule has 1 aromatic carbocycles. The van der Waals surface area contributed by atoms with Crippen molar-refractivity contribution in [3.8, 4) is 0 Å². The molecular formula is C21H33N3O2. The van der Waals surface area contributed by atoms with Gasteiger partial charge in [-0.05, 0) is 31.5 Å². The lowest BCUT2D eigenvalue weighted by Gasteiger charge is -2.35. The molecule has 0 spiro atoms. The van der Waals surface area contributed by atoms with E-state index in [9.17, 15) is 9.59 Å². The molecule has 0 N–H and O–H groups in total. The van der Waals surface area contributed by atoms with Gasteiger partial charge in [0, 0.05) is 45.6 Å². The van der Waals surface area contributed by atoms with E-state index in [1.54, 1.807) is 0 Å². The summed E-state index contributed by atoms with van der Waals surface area (Å²) >= 11 is 0. The summed E-state index contributed by atoms with van der Waals surface area (Å²) in [4.78, 5) is 30.6. The first kappa shape index (κ1) is 20.4. The van der Waals surface area contributed by atoms with Gasteiger partial charge in [-0.1, -0.05) is 44.2 Å². The Morgan fingerprint density at radius 3 is 1.92 bits per heavy atom. The Bertz CT molecular complexity index is 591. The van der Waals surface area contributed by atoms with Crippen LogP contribution in [0.4, 0.5) is 0 Å². The predicted octanol–water partition coefficient (Wildman–Crippen LogP) is 2.37. The maximum atomic E-state index is 12.6. The summed E-state index contributed by atoms with van der Waals surface area (Å²) in [6.45, 7) is 7.76. The van der Waals surface area contributed by atoms with Crippen molar-refractivity contribution in [1.29, 1.82) is 0 Å². The minimum absolute atomic E-state index is 0.0130. The van der Waals surface area contributed by atoms with Gasteiger partial charge in [-0.25, -0.2) is 0 Å². The van der Waals surface area contributed by atoms with Gasteiger partial charge in [-0.2, -0.15) is 0 Å². The fourth-order valence-corrected chi connectivity index (χ4v) is 3.29. The molecule has 1 heterocycles. The Morgan fingerprint density at radius 1 is 0.923 bits per heavy atom. The normalized spacial score (nSPS) is 15.4. The van der Waals surface area contributed by atoms with Crippen LogP contribution in [0.3, 0.4) is 0 Å². The van der Waals surface area contributed by atoms with Gasteiger partial charge in [0.2, 0.25) is 11.8 Å². The van der Waals surface area contributed by atoms with Gasteiger partial charge in [0.1, 0.15) is 0 Å². The van der Waals surface area contributed by atoms with Gasteiger partial charge in [-0.3, -0.25) is 9.59 Å². The van der Waals surface area contributed by atoms with E-state index in [1.165, 1.54) is 5.56 Å². The average molecular weight is 360 g/mol. The Balaban J connectivity index is 1.77. The molecule has 26 heavy (non-hydrogen) atoms. The fourth-order valence-electron chi connectivity index (χ4n) is 3.29. The number of hydrogen-bond donors (Lipinski definition) is 0. The maximum Gasteiger partial charge on any atom is 0.223 e. The van der Waals surface area contributed by atoms with E-state index < -0.39 is 0 Å². The molecule has 0 atom stereocenters. The molecule has 1 saturated heterocycles. The van der Waals surface area contributed by atoms with Crippen LogP contribution in [-0.2, 0) is 15.0 Å². The molecular weight excluding hydrogens is 326 g/mol. The van der Waals surface area contributed by atoms with Crippen LogP contribution in [0, 0.1) is 0 Å². The topological polar surface area (TPSA) is 43.9 Å². The van der Waals surface area contributed by atoms with E-state index in [0.717, 1.165) is 13.0 Å². The molecule has 1 aliphatic rings. The third kappa shape index (κ3) is 5.84. The highest BCUT2D eigenvalue weighted by Crippen LogP contribution is 2.28. The minimum Gasteiger partial charge on any atom is -0.339 e. The number of nitrogens with zero attached hydrogens (tertiary/aromatic N) is 3. The molecule has 1 aromatic rings. The molecule has 2 rings (SSSR count). The van der Waals surface area contributed by atoms with E-state index in [4.69, 9.17) is 0 Å². The van der Waals surface area contributed by atoms with Crippen LogP contribution in [0.5, 0.6) is 0 Å². The smallest absolute Gasteiger partial charge is 0.223 e. The van der Waals surface area contributed by atoms with E-state index in [-0.39, 0.29) is 17.2 Å². The average Bonchev–Trinajstić information content (AvgIpc) is 2.65. The summed E-state index contributed by atoms with van der Waals surface area (Å²) in [6, 6.07) is 10.4. The first-order valence-corrected chi connectivity index (χ1v) is 9.55. The number of benzene rings is 1. The molecule has 0 bridgehead atoms. The lowest BCUT2D eigenvalue weighted by molar-refractivity contribution is -0.139. The molecule has 5 heteroatoms. The van der Waals surface area contributed by atoms with Crippen LogP contribution >= 0.6 is 0 Å². The first-order valence-electron chi connectivity index (χ1n) is 9.55. The second kappa shape index (κ2) is 9.17. The van der Waals surface area contributed by atoms with Gasteiger partial charge in [-0.15, -0.1) is 0 Å². The van der Waals surface area contributed by atoms with Crippen molar-refractivity contribution in [3.63, 3.8) is 0 Å². The summed E-state index contributed by atoms with van der Waals surface area (Å²) in [5, 5.41) is 0. The van der Waals surface area contributed by atoms with Gasteiger partial charge in [0.25, 0.3) is 0 Å². The Morgan fingerprint density at radius 2 is 1.42 bits per heavy atom. The first-order chi connectivity index (χ1) is 12.3. The van der Waals surface area contributed by atoms with Crippen LogP contribution in [0.1, 0.15) is 38.7 Å². The van der Waals surface area contributed by atoms with Crippen molar-refractivity contribution in [3.05, 3.63) is 35.9 Å². The van der Waals surface area contributed by atoms with Crippen molar-refractivity contribution in [2.75, 3.05) is 46.8 Å². The van der Waals surface area contributed by atoms with E-state index >= 15 is 0 Å². The molecule has 1 fully saturated rings. The van der Waals surface area contributed by atoms with Gasteiger partial charge in [0.05, 0.1) is 0 Å². The number of rotatable bonds is 7. The monoisotopic (exact) mass is 359 g/mol. The summed E-state index contributed by atoms with van der Waals surface area (Å²) in [5.41, 5.74) is 1.25. The lowest BCUT2D eigenvalue weighted by Crippen LogP contribution is -2.51. The Labute approximate surface area is 158 Å². The maximum absolute atomic E-state index is 12.6. The zero-order valence-corrected chi connectivity index (χ0v) is 16.7. The van der Waals surface area contributed by atoms with Crippen molar-refractivity contribution < 1.29 is 9.59 Å². The third-order valence-corrected chi connectivity index (χ3v) is 5.28. The molecule has 1 aliphatic heterocycles. The van der Waals surface area contributed by atoms with Gasteiger partial charge in [0.15, 0.2) is 0 Å². The molecule has 0 saturated carbocycles. The number of carbonyl (C=O) groups excluding carboxylic acids is 2. The van der Waals surface area contributed by atoms with Crippen LogP contribution in [0.15, 0.2) is 30.3 Å². The highest BCUT2D eigenvalue weighted by molar-refractivity contribution is 5.78. The SMILES string of the molecule is CN(C)CCC(=O)N1CCN(C(=O)CCC(C)(C)c2ccccc2)CC1. The summed E-state index contributed by atoms with van der Waals surface area (Å²) in [6.07, 6.45) is 1.93. The summed E-state index contributed by atoms with van der Waals surface area (Å²) < 4.78 is 0. The van der Waals surface area contributed by atoms with E-state index in [1.807, 2.05) is 47.0 Å². The lowest BCUT2D eigenvalue weighted by atomic mass is 9.80. The largest absolute Gasteiger partial charge is 0.339 e. The highest BCUT2D eigenvalue weighted by atomic mass is 16.2. The van der Waals surface area contributed by atoms with Crippen LogP contribution in [-0.4, -0.2) is 73.3 Å². The van der Waals surface area contributed by atoms with Crippen LogP contribution < -0.4 is 0 Å². The number of carbonyl (C=O) groups is 2. The summed E-state index contributed by atoms with van der Waals surface area (Å²) in [7, 11) is 3.95. The molecule has 0 aromatic heterocycles. The molecule has 5 nitrogen and oxygen atoms in total. The molecule has 0 radical (unpaired) electrons. The fraction of sp³-hybridized carbons (Fsp3) is 0.619. The standard InChI is InChI=1S/C21H33N3O2/c1-21(2,18-8-6-5-7-9-18)12-10-19(25)23-14-16-24(17-15-23)20(26)11-13-22(3)4/h5-9H,10-17H2,1-4H3. The highest BCUT2D eigenvalue weighted by Gasteiger charge is 2.26. The van der Waals surface area contributed by atoms with E-state index in [0.29, 0.717) is 39.0 Å². The quantitative estimate of drug-likeness (QED) is 0.751. The number of piperazine rings is 1. The van der Waals surface area contributed by atoms with Crippen LogP contribution in [0.25, 0.3) is 0 Å². The zero-order chi connectivity index (χ0) is 19.2. The van der Waals surface area contributed by atoms with Crippen molar-refractivity contribution in [2.24, 2.45) is 0 Å². The number of hydrogen-bond acceptors (Lipinski definition) is 3. The van der Waals surface area contributed by atoms with Crippen LogP contribution in [0.2, 0.25) is 0 Å².